The molecule has 28 heavy (non-hydrogen) atoms. The molecule has 0 heterocycles. The van der Waals surface area contributed by atoms with E-state index in [0.29, 0.717) is 6.54 Å². The van der Waals surface area contributed by atoms with Crippen LogP contribution in [0.1, 0.15) is 34.4 Å². The third kappa shape index (κ3) is 4.99. The van der Waals surface area contributed by atoms with Crippen molar-refractivity contribution in [1.82, 2.24) is 10.6 Å². The Labute approximate surface area is 166 Å². The van der Waals surface area contributed by atoms with Crippen LogP contribution >= 0.6 is 0 Å². The molecule has 0 saturated heterocycles. The number of carbonyl (C=O) groups excluding carboxylic acids is 1. The zero-order valence-corrected chi connectivity index (χ0v) is 16.3. The number of urea groups is 1. The second-order valence-electron chi connectivity index (χ2n) is 6.69. The quantitative estimate of drug-likeness (QED) is 0.626. The van der Waals surface area contributed by atoms with Crippen LogP contribution in [0.4, 0.5) is 4.79 Å². The fraction of sp³-hybridized carbons (Fsp3) is 0.208. The Bertz CT molecular complexity index is 842. The Kier molecular flexibility index (Phi) is 6.82. The van der Waals surface area contributed by atoms with Crippen LogP contribution in [0.15, 0.2) is 84.9 Å². The van der Waals surface area contributed by atoms with E-state index in [1.807, 2.05) is 91.9 Å². The molecular formula is C24H26N2O2. The van der Waals surface area contributed by atoms with Gasteiger partial charge in [-0.2, -0.15) is 0 Å². The molecule has 0 aliphatic heterocycles. The SMILES string of the molecule is CO[C@H](CNC(=O)NC(c1ccccc1)c1ccccc1)c1ccccc1C. The van der Waals surface area contributed by atoms with Crippen molar-refractivity contribution in [3.8, 4) is 0 Å². The van der Waals surface area contributed by atoms with Gasteiger partial charge in [0.2, 0.25) is 0 Å². The largest absolute Gasteiger partial charge is 0.375 e. The van der Waals surface area contributed by atoms with Crippen molar-refractivity contribution in [2.75, 3.05) is 13.7 Å². The van der Waals surface area contributed by atoms with Gasteiger partial charge in [0.1, 0.15) is 0 Å². The molecule has 3 aromatic rings. The molecule has 0 spiro atoms. The number of hydrogen-bond donors (Lipinski definition) is 2. The number of benzene rings is 3. The molecule has 0 bridgehead atoms. The molecule has 4 heteroatoms. The van der Waals surface area contributed by atoms with Gasteiger partial charge in [0, 0.05) is 13.7 Å². The molecule has 0 fully saturated rings. The topological polar surface area (TPSA) is 50.4 Å². The average molecular weight is 374 g/mol. The third-order valence-electron chi connectivity index (χ3n) is 4.81. The van der Waals surface area contributed by atoms with Gasteiger partial charge in [0.25, 0.3) is 0 Å². The summed E-state index contributed by atoms with van der Waals surface area (Å²) in [5, 5.41) is 6.04. The lowest BCUT2D eigenvalue weighted by Gasteiger charge is -2.22. The van der Waals surface area contributed by atoms with Crippen LogP contribution < -0.4 is 10.6 Å². The first-order valence-corrected chi connectivity index (χ1v) is 9.41. The van der Waals surface area contributed by atoms with Gasteiger partial charge in [0.05, 0.1) is 12.1 Å². The Balaban J connectivity index is 1.70. The molecule has 1 atom stereocenters. The average Bonchev–Trinajstić information content (AvgIpc) is 2.75. The van der Waals surface area contributed by atoms with Crippen LogP contribution in [0.3, 0.4) is 0 Å². The van der Waals surface area contributed by atoms with E-state index in [9.17, 15) is 4.79 Å². The fourth-order valence-electron chi connectivity index (χ4n) is 3.29. The second kappa shape index (κ2) is 9.72. The van der Waals surface area contributed by atoms with E-state index in [1.165, 1.54) is 0 Å². The van der Waals surface area contributed by atoms with Crippen LogP contribution in [0, 0.1) is 6.92 Å². The van der Waals surface area contributed by atoms with Crippen LogP contribution in [0.25, 0.3) is 0 Å². The molecule has 0 aliphatic rings. The van der Waals surface area contributed by atoms with E-state index >= 15 is 0 Å². The van der Waals surface area contributed by atoms with Crippen molar-refractivity contribution in [1.29, 1.82) is 0 Å². The minimum atomic E-state index is -0.228. The van der Waals surface area contributed by atoms with Crippen LogP contribution in [0.2, 0.25) is 0 Å². The molecule has 0 saturated carbocycles. The smallest absolute Gasteiger partial charge is 0.315 e. The fourth-order valence-corrected chi connectivity index (χ4v) is 3.29. The molecule has 4 nitrogen and oxygen atoms in total. The zero-order valence-electron chi connectivity index (χ0n) is 16.3. The van der Waals surface area contributed by atoms with Gasteiger partial charge in [-0.25, -0.2) is 4.79 Å². The molecule has 3 rings (SSSR count). The number of methoxy groups -OCH3 is 1. The second-order valence-corrected chi connectivity index (χ2v) is 6.69. The highest BCUT2D eigenvalue weighted by Crippen LogP contribution is 2.22. The lowest BCUT2D eigenvalue weighted by Crippen LogP contribution is -2.40. The number of ether oxygens (including phenoxy) is 1. The standard InChI is InChI=1S/C24H26N2O2/c1-18-11-9-10-16-21(18)22(28-2)17-25-24(27)26-23(19-12-5-3-6-13-19)20-14-7-4-8-15-20/h3-16,22-23H,17H2,1-2H3,(H2,25,26,27)/t22-/m1/s1. The van der Waals surface area contributed by atoms with Crippen molar-refractivity contribution in [3.63, 3.8) is 0 Å². The maximum atomic E-state index is 12.7. The highest BCUT2D eigenvalue weighted by Gasteiger charge is 2.18. The van der Waals surface area contributed by atoms with E-state index in [1.54, 1.807) is 7.11 Å². The van der Waals surface area contributed by atoms with E-state index in [2.05, 4.69) is 10.6 Å². The van der Waals surface area contributed by atoms with Gasteiger partial charge in [-0.1, -0.05) is 84.9 Å². The molecular weight excluding hydrogens is 348 g/mol. The number of hydrogen-bond acceptors (Lipinski definition) is 2. The van der Waals surface area contributed by atoms with Gasteiger partial charge in [-0.3, -0.25) is 0 Å². The molecule has 144 valence electrons. The third-order valence-corrected chi connectivity index (χ3v) is 4.81. The summed E-state index contributed by atoms with van der Waals surface area (Å²) in [7, 11) is 1.66. The van der Waals surface area contributed by atoms with E-state index in [-0.39, 0.29) is 18.2 Å². The van der Waals surface area contributed by atoms with Gasteiger partial charge < -0.3 is 15.4 Å². The predicted octanol–water partition coefficient (Wildman–Crippen LogP) is 4.77. The lowest BCUT2D eigenvalue weighted by atomic mass is 9.99. The van der Waals surface area contributed by atoms with Crippen molar-refractivity contribution < 1.29 is 9.53 Å². The van der Waals surface area contributed by atoms with Gasteiger partial charge in [-0.05, 0) is 29.2 Å². The summed E-state index contributed by atoms with van der Waals surface area (Å²) in [6.45, 7) is 2.44. The highest BCUT2D eigenvalue weighted by molar-refractivity contribution is 5.75. The maximum Gasteiger partial charge on any atom is 0.315 e. The van der Waals surface area contributed by atoms with E-state index in [4.69, 9.17) is 4.74 Å². The number of aryl methyl sites for hydroxylation is 1. The number of carbonyl (C=O) groups is 1. The van der Waals surface area contributed by atoms with Gasteiger partial charge in [-0.15, -0.1) is 0 Å². The molecule has 3 aromatic carbocycles. The molecule has 2 N–H and O–H groups in total. The lowest BCUT2D eigenvalue weighted by molar-refractivity contribution is 0.103. The Morgan fingerprint density at radius 3 is 1.93 bits per heavy atom. The summed E-state index contributed by atoms with van der Waals surface area (Å²) in [5.74, 6) is 0. The number of amides is 2. The Morgan fingerprint density at radius 2 is 1.39 bits per heavy atom. The monoisotopic (exact) mass is 374 g/mol. The summed E-state index contributed by atoms with van der Waals surface area (Å²) in [4.78, 5) is 12.7. The first kappa shape index (κ1) is 19.6. The van der Waals surface area contributed by atoms with E-state index in [0.717, 1.165) is 22.3 Å². The van der Waals surface area contributed by atoms with Crippen molar-refractivity contribution in [2.24, 2.45) is 0 Å². The number of rotatable bonds is 7. The van der Waals surface area contributed by atoms with Crippen molar-refractivity contribution in [3.05, 3.63) is 107 Å². The molecule has 0 aliphatic carbocycles. The maximum absolute atomic E-state index is 12.7. The minimum Gasteiger partial charge on any atom is -0.375 e. The molecule has 0 aromatic heterocycles. The summed E-state index contributed by atoms with van der Waals surface area (Å²) < 4.78 is 5.60. The zero-order chi connectivity index (χ0) is 19.8. The van der Waals surface area contributed by atoms with E-state index < -0.39 is 0 Å². The first-order chi connectivity index (χ1) is 13.7. The van der Waals surface area contributed by atoms with Crippen LogP contribution in [0.5, 0.6) is 0 Å². The first-order valence-electron chi connectivity index (χ1n) is 9.41. The van der Waals surface area contributed by atoms with Crippen molar-refractivity contribution in [2.45, 2.75) is 19.1 Å². The minimum absolute atomic E-state index is 0.196. The molecule has 2 amide bonds. The predicted molar refractivity (Wildman–Crippen MR) is 112 cm³/mol. The van der Waals surface area contributed by atoms with Crippen LogP contribution in [-0.2, 0) is 4.74 Å². The molecule has 0 unspecified atom stereocenters. The normalized spacial score (nSPS) is 11.8. The van der Waals surface area contributed by atoms with Crippen molar-refractivity contribution >= 4 is 6.03 Å². The van der Waals surface area contributed by atoms with Gasteiger partial charge >= 0.3 is 6.03 Å². The summed E-state index contributed by atoms with van der Waals surface area (Å²) in [6.07, 6.45) is -0.196. The highest BCUT2D eigenvalue weighted by atomic mass is 16.5. The summed E-state index contributed by atoms with van der Waals surface area (Å²) >= 11 is 0. The Hall–Kier alpha value is -3.11. The summed E-state index contributed by atoms with van der Waals surface area (Å²) in [5.41, 5.74) is 4.29. The Morgan fingerprint density at radius 1 is 0.857 bits per heavy atom. The number of nitrogens with one attached hydrogen (secondary N) is 2. The van der Waals surface area contributed by atoms with Gasteiger partial charge in [0.15, 0.2) is 0 Å². The van der Waals surface area contributed by atoms with Crippen LogP contribution in [-0.4, -0.2) is 19.7 Å². The molecule has 0 radical (unpaired) electrons. The summed E-state index contributed by atoms with van der Waals surface area (Å²) in [6, 6.07) is 27.5.